The van der Waals surface area contributed by atoms with E-state index < -0.39 is 11.4 Å². The Bertz CT molecular complexity index is 406. The zero-order valence-electron chi connectivity index (χ0n) is 10.9. The van der Waals surface area contributed by atoms with E-state index in [0.717, 1.165) is 5.69 Å². The first-order valence-corrected chi connectivity index (χ1v) is 7.29. The Balaban J connectivity index is 2.86. The van der Waals surface area contributed by atoms with E-state index in [4.69, 9.17) is 11.6 Å². The number of hydrogen-bond acceptors (Lipinski definition) is 3. The van der Waals surface area contributed by atoms with E-state index in [9.17, 15) is 4.55 Å². The lowest BCUT2D eigenvalue weighted by Crippen LogP contribution is -2.41. The van der Waals surface area contributed by atoms with Crippen LogP contribution in [0.4, 0.5) is 0 Å². The molecule has 0 spiro atoms. The Hall–Kier alpha value is -0.550. The Morgan fingerprint density at radius 2 is 2.22 bits per heavy atom. The second kappa shape index (κ2) is 6.57. The third kappa shape index (κ3) is 4.61. The lowest BCUT2D eigenvalue weighted by molar-refractivity contribution is 0.521. The second-order valence-electron chi connectivity index (χ2n) is 4.96. The van der Waals surface area contributed by atoms with Crippen molar-refractivity contribution in [1.82, 2.24) is 9.71 Å². The van der Waals surface area contributed by atoms with Gasteiger partial charge in [0.05, 0.1) is 11.7 Å². The van der Waals surface area contributed by atoms with Crippen LogP contribution in [-0.4, -0.2) is 14.3 Å². The van der Waals surface area contributed by atoms with E-state index in [1.54, 1.807) is 12.1 Å². The zero-order valence-corrected chi connectivity index (χ0v) is 12.5. The summed E-state index contributed by atoms with van der Waals surface area (Å²) in [6, 6.07) is 5.28. The van der Waals surface area contributed by atoms with Crippen LogP contribution in [0.3, 0.4) is 0 Å². The fourth-order valence-corrected chi connectivity index (χ4v) is 2.32. The molecule has 1 aromatic heterocycles. The Morgan fingerprint density at radius 3 is 2.72 bits per heavy atom. The third-order valence-electron chi connectivity index (χ3n) is 2.30. The van der Waals surface area contributed by atoms with Gasteiger partial charge in [0.2, 0.25) is 0 Å². The van der Waals surface area contributed by atoms with Crippen LogP contribution >= 0.6 is 11.6 Å². The van der Waals surface area contributed by atoms with Crippen LogP contribution in [-0.2, 0) is 11.4 Å². The Kier molecular flexibility index (Phi) is 5.66. The zero-order chi connectivity index (χ0) is 13.8. The van der Waals surface area contributed by atoms with Gasteiger partial charge in [0.15, 0.2) is 0 Å². The summed E-state index contributed by atoms with van der Waals surface area (Å²) in [7, 11) is 0. The summed E-state index contributed by atoms with van der Waals surface area (Å²) in [5, 5.41) is 0.435. The number of rotatable bonds is 5. The van der Waals surface area contributed by atoms with Crippen molar-refractivity contribution in [2.45, 2.75) is 38.0 Å². The fourth-order valence-electron chi connectivity index (χ4n) is 1.32. The van der Waals surface area contributed by atoms with Gasteiger partial charge in [-0.2, -0.15) is 0 Å². The third-order valence-corrected chi connectivity index (χ3v) is 4.12. The minimum Gasteiger partial charge on any atom is -0.598 e. The molecule has 0 aromatic carbocycles. The van der Waals surface area contributed by atoms with Crippen molar-refractivity contribution in [3.05, 3.63) is 41.7 Å². The SMILES string of the molecule is C=CC[C@@H](N[S@@+]([O-])C(C)(C)C)c1cccc(Cl)n1. The summed E-state index contributed by atoms with van der Waals surface area (Å²) in [5.74, 6) is 0. The summed E-state index contributed by atoms with van der Waals surface area (Å²) < 4.78 is 14.9. The van der Waals surface area contributed by atoms with Crippen LogP contribution in [0.1, 0.15) is 38.9 Å². The minimum absolute atomic E-state index is 0.138. The molecule has 0 aliphatic rings. The van der Waals surface area contributed by atoms with Gasteiger partial charge in [-0.25, -0.2) is 4.98 Å². The predicted molar refractivity (Wildman–Crippen MR) is 77.8 cm³/mol. The molecule has 0 unspecified atom stereocenters. The Labute approximate surface area is 117 Å². The van der Waals surface area contributed by atoms with Crippen LogP contribution in [0.2, 0.25) is 5.15 Å². The Morgan fingerprint density at radius 1 is 1.56 bits per heavy atom. The lowest BCUT2D eigenvalue weighted by Gasteiger charge is -2.27. The number of nitrogens with one attached hydrogen (secondary N) is 1. The molecule has 0 saturated carbocycles. The van der Waals surface area contributed by atoms with Gasteiger partial charge < -0.3 is 4.55 Å². The first-order chi connectivity index (χ1) is 8.34. The monoisotopic (exact) mass is 286 g/mol. The first-order valence-electron chi connectivity index (χ1n) is 5.76. The molecule has 5 heteroatoms. The van der Waals surface area contributed by atoms with E-state index in [1.165, 1.54) is 0 Å². The molecule has 0 fully saturated rings. The maximum absolute atomic E-state index is 12.1. The smallest absolute Gasteiger partial charge is 0.136 e. The van der Waals surface area contributed by atoms with Crippen molar-refractivity contribution >= 4 is 23.0 Å². The molecule has 0 aliphatic carbocycles. The van der Waals surface area contributed by atoms with E-state index in [0.29, 0.717) is 11.6 Å². The van der Waals surface area contributed by atoms with Crippen molar-refractivity contribution in [2.75, 3.05) is 0 Å². The van der Waals surface area contributed by atoms with Crippen molar-refractivity contribution < 1.29 is 4.55 Å². The highest BCUT2D eigenvalue weighted by atomic mass is 35.5. The average molecular weight is 287 g/mol. The molecule has 1 N–H and O–H groups in total. The largest absolute Gasteiger partial charge is 0.598 e. The van der Waals surface area contributed by atoms with Gasteiger partial charge in [-0.05, 0) is 39.3 Å². The molecule has 1 rings (SSSR count). The summed E-state index contributed by atoms with van der Waals surface area (Å²) in [6.45, 7) is 9.49. The number of halogens is 1. The van der Waals surface area contributed by atoms with Gasteiger partial charge in [0.1, 0.15) is 9.90 Å². The molecule has 1 heterocycles. The normalized spacial score (nSPS) is 15.2. The van der Waals surface area contributed by atoms with Crippen molar-refractivity contribution in [2.24, 2.45) is 0 Å². The number of aromatic nitrogens is 1. The van der Waals surface area contributed by atoms with Crippen LogP contribution in [0, 0.1) is 0 Å². The van der Waals surface area contributed by atoms with Crippen LogP contribution < -0.4 is 4.72 Å². The van der Waals surface area contributed by atoms with Crippen LogP contribution in [0.15, 0.2) is 30.9 Å². The molecule has 0 aliphatic heterocycles. The van der Waals surface area contributed by atoms with Crippen molar-refractivity contribution in [3.63, 3.8) is 0 Å². The topological polar surface area (TPSA) is 48.0 Å². The van der Waals surface area contributed by atoms with Gasteiger partial charge in [0, 0.05) is 11.4 Å². The summed E-state index contributed by atoms with van der Waals surface area (Å²) in [6.07, 6.45) is 2.43. The van der Waals surface area contributed by atoms with E-state index in [1.807, 2.05) is 32.9 Å². The maximum atomic E-state index is 12.1. The number of hydrogen-bond donors (Lipinski definition) is 1. The lowest BCUT2D eigenvalue weighted by atomic mass is 10.1. The van der Waals surface area contributed by atoms with E-state index >= 15 is 0 Å². The molecule has 0 amide bonds. The summed E-state index contributed by atoms with van der Waals surface area (Å²) in [4.78, 5) is 4.25. The first kappa shape index (κ1) is 15.5. The molecule has 0 radical (unpaired) electrons. The predicted octanol–water partition coefficient (Wildman–Crippen LogP) is 3.40. The fraction of sp³-hybridized carbons (Fsp3) is 0.462. The number of pyridine rings is 1. The maximum Gasteiger partial charge on any atom is 0.136 e. The second-order valence-corrected chi connectivity index (χ2v) is 7.35. The van der Waals surface area contributed by atoms with Crippen LogP contribution in [0.25, 0.3) is 0 Å². The average Bonchev–Trinajstić information content (AvgIpc) is 2.27. The molecule has 1 aromatic rings. The van der Waals surface area contributed by atoms with Gasteiger partial charge in [-0.3, -0.25) is 0 Å². The van der Waals surface area contributed by atoms with Crippen LogP contribution in [0.5, 0.6) is 0 Å². The summed E-state index contributed by atoms with van der Waals surface area (Å²) >= 11 is 4.72. The highest BCUT2D eigenvalue weighted by Crippen LogP contribution is 2.22. The molecule has 100 valence electrons. The minimum atomic E-state index is -1.16. The van der Waals surface area contributed by atoms with E-state index in [2.05, 4.69) is 16.3 Å². The quantitative estimate of drug-likeness (QED) is 0.513. The standard InChI is InChI=1S/C13H19ClN2OS/c1-5-7-11(16-18(17)13(2,3)4)10-8-6-9-12(14)15-10/h5-6,8-9,11,16H,1,7H2,2-4H3/t11-,18+/m1/s1. The molecular weight excluding hydrogens is 268 g/mol. The van der Waals surface area contributed by atoms with Gasteiger partial charge >= 0.3 is 0 Å². The molecule has 0 saturated heterocycles. The van der Waals surface area contributed by atoms with Gasteiger partial charge in [0.25, 0.3) is 0 Å². The molecule has 0 bridgehead atoms. The highest BCUT2D eigenvalue weighted by Gasteiger charge is 2.29. The van der Waals surface area contributed by atoms with E-state index in [-0.39, 0.29) is 10.8 Å². The van der Waals surface area contributed by atoms with Crippen molar-refractivity contribution in [1.29, 1.82) is 0 Å². The highest BCUT2D eigenvalue weighted by molar-refractivity contribution is 7.90. The molecule has 18 heavy (non-hydrogen) atoms. The number of nitrogens with zero attached hydrogens (tertiary/aromatic N) is 1. The summed E-state index contributed by atoms with van der Waals surface area (Å²) in [5.41, 5.74) is 0.778. The van der Waals surface area contributed by atoms with Gasteiger partial charge in [-0.15, -0.1) is 11.3 Å². The molecule has 3 nitrogen and oxygen atoms in total. The van der Waals surface area contributed by atoms with Crippen molar-refractivity contribution in [3.8, 4) is 0 Å². The molecule has 2 atom stereocenters. The van der Waals surface area contributed by atoms with Gasteiger partial charge in [-0.1, -0.05) is 23.7 Å². The molecular formula is C13H19ClN2OS.